The summed E-state index contributed by atoms with van der Waals surface area (Å²) in [5.74, 6) is -0.580. The zero-order valence-electron chi connectivity index (χ0n) is 8.97. The van der Waals surface area contributed by atoms with Crippen LogP contribution in [0.2, 0.25) is 0 Å². The Balaban J connectivity index is 2.58. The quantitative estimate of drug-likeness (QED) is 0.637. The minimum atomic E-state index is -4.24. The number of nitrogens with two attached hydrogens (primary N) is 1. The van der Waals surface area contributed by atoms with Gasteiger partial charge >= 0.3 is 6.18 Å². The van der Waals surface area contributed by atoms with E-state index in [1.165, 1.54) is 6.07 Å². The van der Waals surface area contributed by atoms with Gasteiger partial charge in [0.05, 0.1) is 6.10 Å². The highest BCUT2D eigenvalue weighted by Crippen LogP contribution is 2.28. The van der Waals surface area contributed by atoms with Crippen molar-refractivity contribution in [1.82, 2.24) is 0 Å². The molecule has 0 fully saturated rings. The van der Waals surface area contributed by atoms with Gasteiger partial charge in [0.25, 0.3) is 0 Å². The van der Waals surface area contributed by atoms with Crippen LogP contribution in [0.15, 0.2) is 18.2 Å². The van der Waals surface area contributed by atoms with E-state index >= 15 is 0 Å². The maximum atomic E-state index is 12.9. The predicted molar refractivity (Wildman–Crippen MR) is 55.7 cm³/mol. The molecule has 1 unspecified atom stereocenters. The molecule has 0 saturated heterocycles. The fraction of sp³-hybridized carbons (Fsp3) is 0.455. The van der Waals surface area contributed by atoms with Crippen LogP contribution < -0.4 is 5.73 Å². The number of hydrogen-bond donors (Lipinski definition) is 2. The van der Waals surface area contributed by atoms with Crippen molar-refractivity contribution in [2.24, 2.45) is 0 Å². The summed E-state index contributed by atoms with van der Waals surface area (Å²) in [7, 11) is 0. The molecule has 2 nitrogen and oxygen atoms in total. The molecule has 0 bridgehead atoms. The third-order valence-corrected chi connectivity index (χ3v) is 2.35. The van der Waals surface area contributed by atoms with Crippen LogP contribution >= 0.6 is 0 Å². The van der Waals surface area contributed by atoms with E-state index in [-0.39, 0.29) is 24.1 Å². The Kier molecular flexibility index (Phi) is 4.34. The smallest absolute Gasteiger partial charge is 0.389 e. The van der Waals surface area contributed by atoms with Crippen molar-refractivity contribution < 1.29 is 22.7 Å². The molecule has 0 amide bonds. The van der Waals surface area contributed by atoms with E-state index in [1.54, 1.807) is 0 Å². The second-order valence-electron chi connectivity index (χ2n) is 3.80. The topological polar surface area (TPSA) is 46.2 Å². The van der Waals surface area contributed by atoms with Crippen LogP contribution in [0.1, 0.15) is 30.9 Å². The van der Waals surface area contributed by atoms with Crippen molar-refractivity contribution in [3.05, 3.63) is 29.6 Å². The highest BCUT2D eigenvalue weighted by Gasteiger charge is 2.26. The van der Waals surface area contributed by atoms with Crippen molar-refractivity contribution in [3.63, 3.8) is 0 Å². The molecular formula is C11H13F4NO. The van der Waals surface area contributed by atoms with E-state index < -0.39 is 24.5 Å². The van der Waals surface area contributed by atoms with Gasteiger partial charge in [0.1, 0.15) is 5.82 Å². The molecule has 0 radical (unpaired) electrons. The summed E-state index contributed by atoms with van der Waals surface area (Å²) in [4.78, 5) is 0. The predicted octanol–water partition coefficient (Wildman–Crippen LogP) is 3.17. The first-order valence-electron chi connectivity index (χ1n) is 5.09. The second kappa shape index (κ2) is 5.35. The lowest BCUT2D eigenvalue weighted by Crippen LogP contribution is -2.09. The molecule has 0 aliphatic carbocycles. The van der Waals surface area contributed by atoms with Crippen LogP contribution in [0.25, 0.3) is 0 Å². The Labute approximate surface area is 96.1 Å². The largest absolute Gasteiger partial charge is 0.398 e. The number of aliphatic hydroxyl groups excluding tert-OH is 1. The zero-order valence-corrected chi connectivity index (χ0v) is 8.97. The molecule has 96 valence electrons. The summed E-state index contributed by atoms with van der Waals surface area (Å²) in [5, 5.41) is 9.61. The van der Waals surface area contributed by atoms with Gasteiger partial charge in [0.15, 0.2) is 0 Å². The Morgan fingerprint density at radius 1 is 1.29 bits per heavy atom. The average Bonchev–Trinajstić information content (AvgIpc) is 2.19. The number of rotatable bonds is 4. The van der Waals surface area contributed by atoms with E-state index in [0.29, 0.717) is 0 Å². The Bertz CT molecular complexity index is 378. The molecule has 3 N–H and O–H groups in total. The molecule has 0 heterocycles. The molecule has 1 rings (SSSR count). The number of nitrogen functional groups attached to an aromatic ring is 1. The van der Waals surface area contributed by atoms with Gasteiger partial charge in [0, 0.05) is 17.7 Å². The van der Waals surface area contributed by atoms with Crippen LogP contribution in [-0.4, -0.2) is 11.3 Å². The summed E-state index contributed by atoms with van der Waals surface area (Å²) in [6, 6.07) is 3.44. The fourth-order valence-electron chi connectivity index (χ4n) is 1.49. The lowest BCUT2D eigenvalue weighted by Gasteiger charge is -2.14. The van der Waals surface area contributed by atoms with Crippen LogP contribution in [0.4, 0.5) is 23.2 Å². The summed E-state index contributed by atoms with van der Waals surface area (Å²) < 4.78 is 48.5. The zero-order chi connectivity index (χ0) is 13.1. The first kappa shape index (κ1) is 13.8. The van der Waals surface area contributed by atoms with Gasteiger partial charge in [-0.15, -0.1) is 0 Å². The van der Waals surface area contributed by atoms with Gasteiger partial charge in [0.2, 0.25) is 0 Å². The van der Waals surface area contributed by atoms with E-state index in [4.69, 9.17) is 5.73 Å². The summed E-state index contributed by atoms with van der Waals surface area (Å²) in [6.45, 7) is 0. The minimum Gasteiger partial charge on any atom is -0.398 e. The van der Waals surface area contributed by atoms with Crippen molar-refractivity contribution in [1.29, 1.82) is 0 Å². The van der Waals surface area contributed by atoms with Gasteiger partial charge in [-0.25, -0.2) is 4.39 Å². The second-order valence-corrected chi connectivity index (χ2v) is 3.80. The molecule has 1 atom stereocenters. The maximum Gasteiger partial charge on any atom is 0.389 e. The van der Waals surface area contributed by atoms with Crippen LogP contribution in [0.3, 0.4) is 0 Å². The molecule has 0 aromatic heterocycles. The van der Waals surface area contributed by atoms with Gasteiger partial charge in [-0.2, -0.15) is 13.2 Å². The minimum absolute atomic E-state index is 0.104. The van der Waals surface area contributed by atoms with Gasteiger partial charge < -0.3 is 10.8 Å². The van der Waals surface area contributed by atoms with Crippen molar-refractivity contribution in [2.75, 3.05) is 5.73 Å². The van der Waals surface area contributed by atoms with E-state index in [2.05, 4.69) is 0 Å². The number of aliphatic hydroxyl groups is 1. The van der Waals surface area contributed by atoms with Gasteiger partial charge in [-0.3, -0.25) is 0 Å². The van der Waals surface area contributed by atoms with Crippen LogP contribution in [0.5, 0.6) is 0 Å². The number of hydrogen-bond acceptors (Lipinski definition) is 2. The summed E-state index contributed by atoms with van der Waals surface area (Å²) >= 11 is 0. The van der Waals surface area contributed by atoms with Crippen molar-refractivity contribution >= 4 is 5.69 Å². The first-order valence-corrected chi connectivity index (χ1v) is 5.09. The number of anilines is 1. The Hall–Kier alpha value is -1.30. The number of alkyl halides is 3. The van der Waals surface area contributed by atoms with Gasteiger partial charge in [-0.1, -0.05) is 0 Å². The summed E-state index contributed by atoms with van der Waals surface area (Å²) in [5.41, 5.74) is 5.80. The average molecular weight is 251 g/mol. The normalized spacial score (nSPS) is 13.7. The molecular weight excluding hydrogens is 238 g/mol. The van der Waals surface area contributed by atoms with Crippen LogP contribution in [0, 0.1) is 5.82 Å². The molecule has 0 aliphatic rings. The number of halogens is 4. The van der Waals surface area contributed by atoms with Gasteiger partial charge in [-0.05, 0) is 31.0 Å². The molecule has 1 aromatic carbocycles. The Morgan fingerprint density at radius 3 is 2.53 bits per heavy atom. The third-order valence-electron chi connectivity index (χ3n) is 2.35. The molecule has 6 heteroatoms. The molecule has 0 saturated carbocycles. The summed E-state index contributed by atoms with van der Waals surface area (Å²) in [6.07, 6.45) is -6.71. The van der Waals surface area contributed by atoms with Crippen molar-refractivity contribution in [3.8, 4) is 0 Å². The van der Waals surface area contributed by atoms with Crippen molar-refractivity contribution in [2.45, 2.75) is 31.5 Å². The van der Waals surface area contributed by atoms with E-state index in [0.717, 1.165) is 12.1 Å². The number of benzene rings is 1. The van der Waals surface area contributed by atoms with Crippen LogP contribution in [-0.2, 0) is 0 Å². The highest BCUT2D eigenvalue weighted by atomic mass is 19.4. The monoisotopic (exact) mass is 251 g/mol. The molecule has 17 heavy (non-hydrogen) atoms. The molecule has 0 aliphatic heterocycles. The standard InChI is InChI=1S/C11H13F4NO/c12-7-3-4-9(16)8(6-7)10(17)2-1-5-11(13,14)15/h3-4,6,10,17H,1-2,5,16H2. The third kappa shape index (κ3) is 4.60. The lowest BCUT2D eigenvalue weighted by molar-refractivity contribution is -0.136. The van der Waals surface area contributed by atoms with E-state index in [9.17, 15) is 22.7 Å². The highest BCUT2D eigenvalue weighted by molar-refractivity contribution is 5.47. The maximum absolute atomic E-state index is 12.9. The SMILES string of the molecule is Nc1ccc(F)cc1C(O)CCCC(F)(F)F. The first-order chi connectivity index (χ1) is 7.79. The van der Waals surface area contributed by atoms with E-state index in [1.807, 2.05) is 0 Å². The fourth-order valence-corrected chi connectivity index (χ4v) is 1.49. The molecule has 1 aromatic rings. The lowest BCUT2D eigenvalue weighted by atomic mass is 10.0. The Morgan fingerprint density at radius 2 is 1.94 bits per heavy atom. The molecule has 0 spiro atoms.